The van der Waals surface area contributed by atoms with Crippen molar-refractivity contribution in [3.05, 3.63) is 65.7 Å². The number of ether oxygens (including phenoxy) is 2. The number of benzene rings is 2. The van der Waals surface area contributed by atoms with Gasteiger partial charge in [-0.3, -0.25) is 0 Å². The Morgan fingerprint density at radius 3 is 2.19 bits per heavy atom. The summed E-state index contributed by atoms with van der Waals surface area (Å²) in [6.45, 7) is 2.24. The first-order valence-electron chi connectivity index (χ1n) is 7.15. The van der Waals surface area contributed by atoms with Crippen LogP contribution < -0.4 is 4.74 Å². The smallest absolute Gasteiger partial charge is 0.118 e. The van der Waals surface area contributed by atoms with Crippen molar-refractivity contribution in [1.82, 2.24) is 0 Å². The predicted molar refractivity (Wildman–Crippen MR) is 83.4 cm³/mol. The molecule has 1 N–H and O–H groups in total. The molecular weight excluding hydrogens is 264 g/mol. The van der Waals surface area contributed by atoms with E-state index in [1.54, 1.807) is 14.0 Å². The minimum Gasteiger partial charge on any atom is -0.497 e. The van der Waals surface area contributed by atoms with Crippen LogP contribution in [0.1, 0.15) is 18.1 Å². The fraction of sp³-hybridized carbons (Fsp3) is 0.333. The van der Waals surface area contributed by atoms with Gasteiger partial charge in [-0.15, -0.1) is 0 Å². The van der Waals surface area contributed by atoms with Crippen LogP contribution in [0.4, 0.5) is 0 Å². The summed E-state index contributed by atoms with van der Waals surface area (Å²) in [5.74, 6) is 0.829. The lowest BCUT2D eigenvalue weighted by Gasteiger charge is -2.21. The molecule has 1 unspecified atom stereocenters. The maximum atomic E-state index is 9.89. The lowest BCUT2D eigenvalue weighted by molar-refractivity contribution is -0.0373. The molecule has 2 aromatic carbocycles. The summed E-state index contributed by atoms with van der Waals surface area (Å²) in [5, 5.41) is 9.89. The van der Waals surface area contributed by atoms with Crippen molar-refractivity contribution in [2.24, 2.45) is 0 Å². The van der Waals surface area contributed by atoms with Crippen LogP contribution in [0.5, 0.6) is 5.75 Å². The third kappa shape index (κ3) is 4.88. The van der Waals surface area contributed by atoms with Gasteiger partial charge in [-0.1, -0.05) is 42.5 Å². The van der Waals surface area contributed by atoms with Gasteiger partial charge in [-0.2, -0.15) is 0 Å². The van der Waals surface area contributed by atoms with Gasteiger partial charge in [0.1, 0.15) is 5.75 Å². The van der Waals surface area contributed by atoms with Crippen molar-refractivity contribution in [3.63, 3.8) is 0 Å². The van der Waals surface area contributed by atoms with Crippen molar-refractivity contribution in [2.75, 3.05) is 7.11 Å². The summed E-state index contributed by atoms with van der Waals surface area (Å²) in [7, 11) is 1.65. The summed E-state index contributed by atoms with van der Waals surface area (Å²) in [5.41, 5.74) is 2.23. The van der Waals surface area contributed by atoms with E-state index in [-0.39, 0.29) is 6.10 Å². The second-order valence-electron chi connectivity index (χ2n) is 5.13. The normalized spacial score (nSPS) is 13.7. The van der Waals surface area contributed by atoms with Gasteiger partial charge in [0.05, 0.1) is 25.9 Å². The average molecular weight is 286 g/mol. The van der Waals surface area contributed by atoms with E-state index in [1.165, 1.54) is 0 Å². The highest BCUT2D eigenvalue weighted by Gasteiger charge is 2.16. The van der Waals surface area contributed by atoms with Crippen molar-refractivity contribution < 1.29 is 14.6 Å². The maximum absolute atomic E-state index is 9.89. The largest absolute Gasteiger partial charge is 0.497 e. The van der Waals surface area contributed by atoms with Crippen molar-refractivity contribution in [2.45, 2.75) is 32.2 Å². The summed E-state index contributed by atoms with van der Waals surface area (Å²) in [4.78, 5) is 0. The highest BCUT2D eigenvalue weighted by Crippen LogP contribution is 2.15. The molecule has 0 aliphatic carbocycles. The molecular formula is C18H22O3. The Morgan fingerprint density at radius 1 is 0.952 bits per heavy atom. The highest BCUT2D eigenvalue weighted by atomic mass is 16.5. The van der Waals surface area contributed by atoms with Crippen LogP contribution in [0.25, 0.3) is 0 Å². The molecule has 112 valence electrons. The van der Waals surface area contributed by atoms with Gasteiger partial charge < -0.3 is 14.6 Å². The van der Waals surface area contributed by atoms with Crippen LogP contribution in [0.3, 0.4) is 0 Å². The van der Waals surface area contributed by atoms with E-state index in [2.05, 4.69) is 0 Å². The van der Waals surface area contributed by atoms with E-state index in [1.807, 2.05) is 54.6 Å². The molecule has 0 aromatic heterocycles. The van der Waals surface area contributed by atoms with Gasteiger partial charge in [0.2, 0.25) is 0 Å². The molecule has 0 heterocycles. The second-order valence-corrected chi connectivity index (χ2v) is 5.13. The first-order chi connectivity index (χ1) is 10.2. The van der Waals surface area contributed by atoms with E-state index in [9.17, 15) is 5.11 Å². The van der Waals surface area contributed by atoms with E-state index in [4.69, 9.17) is 9.47 Å². The van der Waals surface area contributed by atoms with Crippen molar-refractivity contribution >= 4 is 0 Å². The van der Waals surface area contributed by atoms with Gasteiger partial charge in [0.15, 0.2) is 0 Å². The van der Waals surface area contributed by atoms with Crippen molar-refractivity contribution in [1.29, 1.82) is 0 Å². The zero-order valence-corrected chi connectivity index (χ0v) is 12.5. The zero-order valence-electron chi connectivity index (χ0n) is 12.5. The lowest BCUT2D eigenvalue weighted by atomic mass is 10.0. The Kier molecular flexibility index (Phi) is 5.78. The van der Waals surface area contributed by atoms with Crippen molar-refractivity contribution in [3.8, 4) is 5.75 Å². The Morgan fingerprint density at radius 2 is 1.62 bits per heavy atom. The molecule has 2 aromatic rings. The standard InChI is InChI=1S/C18H22O3/c1-14(19)18(12-15-6-4-3-5-7-15)21-13-16-8-10-17(20-2)11-9-16/h3-11,14,18-19H,12-13H2,1-2H3/t14-,18?/m0/s1. The van der Waals surface area contributed by atoms with Gasteiger partial charge in [0.25, 0.3) is 0 Å². The molecule has 3 nitrogen and oxygen atoms in total. The maximum Gasteiger partial charge on any atom is 0.118 e. The Hall–Kier alpha value is -1.84. The monoisotopic (exact) mass is 286 g/mol. The molecule has 0 radical (unpaired) electrons. The minimum atomic E-state index is -0.511. The van der Waals surface area contributed by atoms with Crippen LogP contribution in [0.15, 0.2) is 54.6 Å². The summed E-state index contributed by atoms with van der Waals surface area (Å²) in [6, 6.07) is 17.8. The van der Waals surface area contributed by atoms with E-state index < -0.39 is 6.10 Å². The first-order valence-corrected chi connectivity index (χ1v) is 7.15. The number of aliphatic hydroxyl groups is 1. The molecule has 0 bridgehead atoms. The van der Waals surface area contributed by atoms with Gasteiger partial charge >= 0.3 is 0 Å². The molecule has 2 rings (SSSR count). The van der Waals surface area contributed by atoms with E-state index in [0.29, 0.717) is 13.0 Å². The highest BCUT2D eigenvalue weighted by molar-refractivity contribution is 5.26. The molecule has 0 spiro atoms. The predicted octanol–water partition coefficient (Wildman–Crippen LogP) is 3.20. The van der Waals surface area contributed by atoms with Crippen LogP contribution in [0, 0.1) is 0 Å². The van der Waals surface area contributed by atoms with E-state index in [0.717, 1.165) is 16.9 Å². The number of aliphatic hydroxyl groups excluding tert-OH is 1. The Bertz CT molecular complexity index is 520. The Labute approximate surface area is 126 Å². The number of hydrogen-bond donors (Lipinski definition) is 1. The topological polar surface area (TPSA) is 38.7 Å². The molecule has 0 fully saturated rings. The second kappa shape index (κ2) is 7.81. The molecule has 0 saturated heterocycles. The number of methoxy groups -OCH3 is 1. The molecule has 0 aliphatic rings. The van der Waals surface area contributed by atoms with Crippen LogP contribution in [0.2, 0.25) is 0 Å². The van der Waals surface area contributed by atoms with Crippen LogP contribution in [-0.2, 0) is 17.8 Å². The third-order valence-corrected chi connectivity index (χ3v) is 3.44. The Balaban J connectivity index is 1.93. The fourth-order valence-electron chi connectivity index (χ4n) is 2.14. The molecule has 2 atom stereocenters. The van der Waals surface area contributed by atoms with Gasteiger partial charge in [0, 0.05) is 6.42 Å². The SMILES string of the molecule is COc1ccc(COC(Cc2ccccc2)[C@H](C)O)cc1. The molecule has 21 heavy (non-hydrogen) atoms. The van der Waals surface area contributed by atoms with Crippen LogP contribution >= 0.6 is 0 Å². The molecule has 0 saturated carbocycles. The van der Waals surface area contributed by atoms with Crippen LogP contribution in [-0.4, -0.2) is 24.4 Å². The number of rotatable bonds is 7. The molecule has 3 heteroatoms. The average Bonchev–Trinajstić information content (AvgIpc) is 2.52. The summed E-state index contributed by atoms with van der Waals surface area (Å²) >= 11 is 0. The quantitative estimate of drug-likeness (QED) is 0.849. The minimum absolute atomic E-state index is 0.213. The fourth-order valence-corrected chi connectivity index (χ4v) is 2.14. The van der Waals surface area contributed by atoms with Gasteiger partial charge in [-0.05, 0) is 30.2 Å². The summed E-state index contributed by atoms with van der Waals surface area (Å²) in [6.07, 6.45) is -0.0211. The van der Waals surface area contributed by atoms with Gasteiger partial charge in [-0.25, -0.2) is 0 Å². The molecule has 0 amide bonds. The molecule has 0 aliphatic heterocycles. The van der Waals surface area contributed by atoms with E-state index >= 15 is 0 Å². The number of hydrogen-bond acceptors (Lipinski definition) is 3. The third-order valence-electron chi connectivity index (χ3n) is 3.44. The summed E-state index contributed by atoms with van der Waals surface area (Å²) < 4.78 is 11.0. The zero-order chi connectivity index (χ0) is 15.1. The first kappa shape index (κ1) is 15.5. The lowest BCUT2D eigenvalue weighted by Crippen LogP contribution is -2.28.